The molecule has 0 bridgehead atoms. The number of primary amides is 1. The molecule has 144 valence electrons. The van der Waals surface area contributed by atoms with Gasteiger partial charge in [0.05, 0.1) is 23.3 Å². The van der Waals surface area contributed by atoms with E-state index in [1.807, 2.05) is 0 Å². The van der Waals surface area contributed by atoms with Crippen LogP contribution in [-0.2, 0) is 11.0 Å². The maximum atomic E-state index is 13.2. The molecule has 2 atom stereocenters. The van der Waals surface area contributed by atoms with Crippen molar-refractivity contribution in [1.29, 1.82) is 0 Å². The summed E-state index contributed by atoms with van der Waals surface area (Å²) in [6.45, 7) is 1.74. The summed E-state index contributed by atoms with van der Waals surface area (Å²) in [7, 11) is 0. The molecule has 1 unspecified atom stereocenters. The van der Waals surface area contributed by atoms with Gasteiger partial charge in [-0.2, -0.15) is 23.3 Å². The number of aromatic nitrogens is 4. The second-order valence-electron chi connectivity index (χ2n) is 6.92. The molecule has 0 saturated heterocycles. The maximum Gasteiger partial charge on any atom is 0.421 e. The second-order valence-corrected chi connectivity index (χ2v) is 6.92. The Bertz CT molecular complexity index is 891. The van der Waals surface area contributed by atoms with Gasteiger partial charge in [-0.05, 0) is 26.2 Å². The average molecular weight is 381 g/mol. The predicted octanol–water partition coefficient (Wildman–Crippen LogP) is 2.36. The Labute approximate surface area is 152 Å². The standard InChI is InChI=1S/C16H18F3N7O/c1-7-11(6-26(25-7)12-4-9(12)13(20)27)23-15-21-5-10(16(17,18)19)14(24-15)22-8-2-3-8/h5-6,8-9,12H,2-4H2,1H3,(H2,20,27)(H2,21,22,23,24)/t9?,12-/m1/s1. The number of carbonyl (C=O) groups excluding carboxylic acids is 1. The highest BCUT2D eigenvalue weighted by molar-refractivity contribution is 5.80. The molecular weight excluding hydrogens is 363 g/mol. The Morgan fingerprint density at radius 2 is 2.11 bits per heavy atom. The molecule has 0 spiro atoms. The molecular formula is C16H18F3N7O. The minimum Gasteiger partial charge on any atom is -0.369 e. The van der Waals surface area contributed by atoms with Crippen LogP contribution in [0.25, 0.3) is 0 Å². The number of nitrogens with two attached hydrogens (primary N) is 1. The molecule has 2 fully saturated rings. The number of alkyl halides is 3. The summed E-state index contributed by atoms with van der Waals surface area (Å²) in [6, 6.07) is -0.0729. The minimum absolute atomic E-state index is 0.0129. The number of rotatable bonds is 6. The normalized spacial score (nSPS) is 21.8. The van der Waals surface area contributed by atoms with Crippen LogP contribution in [0.1, 0.15) is 36.6 Å². The Balaban J connectivity index is 1.56. The van der Waals surface area contributed by atoms with Gasteiger partial charge in [-0.1, -0.05) is 0 Å². The van der Waals surface area contributed by atoms with E-state index in [0.717, 1.165) is 19.0 Å². The number of carbonyl (C=O) groups is 1. The fourth-order valence-corrected chi connectivity index (χ4v) is 2.85. The van der Waals surface area contributed by atoms with Gasteiger partial charge in [-0.15, -0.1) is 0 Å². The van der Waals surface area contributed by atoms with Crippen LogP contribution in [0.2, 0.25) is 0 Å². The highest BCUT2D eigenvalue weighted by atomic mass is 19.4. The molecule has 0 aromatic carbocycles. The number of nitrogens with one attached hydrogen (secondary N) is 2. The van der Waals surface area contributed by atoms with Crippen molar-refractivity contribution >= 4 is 23.4 Å². The van der Waals surface area contributed by atoms with Crippen LogP contribution in [0.15, 0.2) is 12.4 Å². The molecule has 1 amide bonds. The Morgan fingerprint density at radius 1 is 1.37 bits per heavy atom. The zero-order valence-electron chi connectivity index (χ0n) is 14.4. The molecule has 2 aliphatic rings. The molecule has 8 nitrogen and oxygen atoms in total. The van der Waals surface area contributed by atoms with E-state index in [0.29, 0.717) is 17.8 Å². The summed E-state index contributed by atoms with van der Waals surface area (Å²) < 4.78 is 41.1. The minimum atomic E-state index is -4.54. The van der Waals surface area contributed by atoms with E-state index < -0.39 is 11.7 Å². The summed E-state index contributed by atoms with van der Waals surface area (Å²) in [5.74, 6) is -0.807. The van der Waals surface area contributed by atoms with Gasteiger partial charge >= 0.3 is 6.18 Å². The number of amides is 1. The fourth-order valence-electron chi connectivity index (χ4n) is 2.85. The van der Waals surface area contributed by atoms with Gasteiger partial charge in [0.15, 0.2) is 0 Å². The average Bonchev–Trinajstić information content (AvgIpc) is 3.47. The highest BCUT2D eigenvalue weighted by Gasteiger charge is 2.44. The van der Waals surface area contributed by atoms with Crippen molar-refractivity contribution in [3.8, 4) is 0 Å². The molecule has 11 heteroatoms. The molecule has 2 heterocycles. The summed E-state index contributed by atoms with van der Waals surface area (Å²) in [5, 5.41) is 10.0. The third-order valence-electron chi connectivity index (χ3n) is 4.64. The van der Waals surface area contributed by atoms with Crippen molar-refractivity contribution in [2.75, 3.05) is 10.6 Å². The number of hydrogen-bond acceptors (Lipinski definition) is 6. The van der Waals surface area contributed by atoms with Gasteiger partial charge in [-0.25, -0.2) is 4.98 Å². The van der Waals surface area contributed by atoms with E-state index in [1.54, 1.807) is 17.8 Å². The molecule has 27 heavy (non-hydrogen) atoms. The zero-order chi connectivity index (χ0) is 19.3. The fraction of sp³-hybridized carbons (Fsp3) is 0.500. The topological polar surface area (TPSA) is 111 Å². The lowest BCUT2D eigenvalue weighted by molar-refractivity contribution is -0.137. The van der Waals surface area contributed by atoms with Crippen LogP contribution in [0.3, 0.4) is 0 Å². The summed E-state index contributed by atoms with van der Waals surface area (Å²) in [5.41, 5.74) is 5.57. The third kappa shape index (κ3) is 3.67. The van der Waals surface area contributed by atoms with Crippen LogP contribution in [0.4, 0.5) is 30.6 Å². The number of nitrogens with zero attached hydrogens (tertiary/aromatic N) is 4. The summed E-state index contributed by atoms with van der Waals surface area (Å²) in [6.07, 6.45) is 0.174. The first-order chi connectivity index (χ1) is 12.7. The smallest absolute Gasteiger partial charge is 0.369 e. The first-order valence-corrected chi connectivity index (χ1v) is 8.55. The molecule has 4 N–H and O–H groups in total. The Morgan fingerprint density at radius 3 is 2.70 bits per heavy atom. The van der Waals surface area contributed by atoms with Crippen molar-refractivity contribution in [2.24, 2.45) is 11.7 Å². The lowest BCUT2D eigenvalue weighted by atomic mass is 10.3. The molecule has 2 aliphatic carbocycles. The molecule has 0 radical (unpaired) electrons. The van der Waals surface area contributed by atoms with Crippen molar-refractivity contribution in [3.05, 3.63) is 23.7 Å². The maximum absolute atomic E-state index is 13.2. The number of aryl methyl sites for hydroxylation is 1. The van der Waals surface area contributed by atoms with Crippen LogP contribution in [-0.4, -0.2) is 31.7 Å². The van der Waals surface area contributed by atoms with Gasteiger partial charge in [0, 0.05) is 18.4 Å². The van der Waals surface area contributed by atoms with Gasteiger partial charge in [0.25, 0.3) is 0 Å². The Hall–Kier alpha value is -2.85. The third-order valence-corrected chi connectivity index (χ3v) is 4.64. The molecule has 4 rings (SSSR count). The molecule has 0 aliphatic heterocycles. The van der Waals surface area contributed by atoms with E-state index >= 15 is 0 Å². The van der Waals surface area contributed by atoms with E-state index in [1.165, 1.54) is 0 Å². The number of halogens is 3. The monoisotopic (exact) mass is 381 g/mol. The van der Waals surface area contributed by atoms with Gasteiger partial charge in [0.1, 0.15) is 11.4 Å². The van der Waals surface area contributed by atoms with Gasteiger partial charge in [0.2, 0.25) is 11.9 Å². The highest BCUT2D eigenvalue weighted by Crippen LogP contribution is 2.43. The van der Waals surface area contributed by atoms with Crippen LogP contribution in [0.5, 0.6) is 0 Å². The number of hydrogen-bond donors (Lipinski definition) is 3. The van der Waals surface area contributed by atoms with E-state index in [9.17, 15) is 18.0 Å². The van der Waals surface area contributed by atoms with Crippen LogP contribution >= 0.6 is 0 Å². The largest absolute Gasteiger partial charge is 0.421 e. The van der Waals surface area contributed by atoms with Gasteiger partial charge < -0.3 is 16.4 Å². The van der Waals surface area contributed by atoms with Crippen LogP contribution < -0.4 is 16.4 Å². The Kier molecular flexibility index (Phi) is 3.97. The predicted molar refractivity (Wildman–Crippen MR) is 90.3 cm³/mol. The molecule has 2 saturated carbocycles. The van der Waals surface area contributed by atoms with E-state index in [2.05, 4.69) is 25.7 Å². The summed E-state index contributed by atoms with van der Waals surface area (Å²) >= 11 is 0. The number of anilines is 3. The van der Waals surface area contributed by atoms with Crippen LogP contribution in [0, 0.1) is 12.8 Å². The second kappa shape index (κ2) is 6.10. The van der Waals surface area contributed by atoms with E-state index in [4.69, 9.17) is 5.73 Å². The van der Waals surface area contributed by atoms with E-state index in [-0.39, 0.29) is 35.7 Å². The molecule has 2 aromatic heterocycles. The SMILES string of the molecule is Cc1nn([C@@H]2CC2C(N)=O)cc1Nc1ncc(C(F)(F)F)c(NC2CC2)n1. The van der Waals surface area contributed by atoms with Crippen molar-refractivity contribution in [2.45, 2.75) is 44.4 Å². The van der Waals surface area contributed by atoms with Crippen molar-refractivity contribution in [3.63, 3.8) is 0 Å². The quantitative estimate of drug-likeness (QED) is 0.708. The zero-order valence-corrected chi connectivity index (χ0v) is 14.4. The lowest BCUT2D eigenvalue weighted by Gasteiger charge is -2.14. The lowest BCUT2D eigenvalue weighted by Crippen LogP contribution is -2.15. The summed E-state index contributed by atoms with van der Waals surface area (Å²) in [4.78, 5) is 19.0. The van der Waals surface area contributed by atoms with Gasteiger partial charge in [-0.3, -0.25) is 9.48 Å². The van der Waals surface area contributed by atoms with Crippen molar-refractivity contribution < 1.29 is 18.0 Å². The molecule has 2 aromatic rings. The first-order valence-electron chi connectivity index (χ1n) is 8.55. The first kappa shape index (κ1) is 17.6. The van der Waals surface area contributed by atoms with Crippen molar-refractivity contribution in [1.82, 2.24) is 19.7 Å².